The van der Waals surface area contributed by atoms with E-state index in [1.807, 2.05) is 30.3 Å². The van der Waals surface area contributed by atoms with E-state index in [1.165, 1.54) is 11.8 Å². The Labute approximate surface area is 175 Å². The number of benzene rings is 2. The summed E-state index contributed by atoms with van der Waals surface area (Å²) in [7, 11) is 0. The summed E-state index contributed by atoms with van der Waals surface area (Å²) >= 11 is 8.67. The topological polar surface area (TPSA) is 64.0 Å². The molecule has 1 amide bonds. The number of hydrogen-bond acceptors (Lipinski definition) is 5. The van der Waals surface area contributed by atoms with Gasteiger partial charge in [0, 0.05) is 22.9 Å². The van der Waals surface area contributed by atoms with Crippen LogP contribution in [-0.4, -0.2) is 27.0 Å². The molecule has 0 atom stereocenters. The van der Waals surface area contributed by atoms with Crippen LogP contribution in [0.5, 0.6) is 0 Å². The number of nitrogens with zero attached hydrogens (tertiary/aromatic N) is 2. The Kier molecular flexibility index (Phi) is 5.75. The normalized spacial score (nSPS) is 12.6. The zero-order valence-corrected chi connectivity index (χ0v) is 17.1. The van der Waals surface area contributed by atoms with Gasteiger partial charge in [0.1, 0.15) is 0 Å². The molecule has 0 spiro atoms. The first-order valence-corrected chi connectivity index (χ1v) is 11.0. The first-order chi connectivity index (χ1) is 13.6. The molecule has 1 N–H and O–H groups in total. The van der Waals surface area contributed by atoms with Crippen LogP contribution in [0.15, 0.2) is 69.4 Å². The van der Waals surface area contributed by atoms with E-state index in [1.54, 1.807) is 40.6 Å². The number of carbonyl (C=O) groups excluding carboxylic acids is 1. The van der Waals surface area contributed by atoms with Crippen molar-refractivity contribution in [2.45, 2.75) is 16.5 Å². The number of aromatic nitrogens is 2. The predicted molar refractivity (Wildman–Crippen MR) is 115 cm³/mol. The maximum Gasteiger partial charge on any atom is 0.272 e. The van der Waals surface area contributed by atoms with E-state index in [2.05, 4.69) is 10.3 Å². The molecule has 2 aromatic carbocycles. The fraction of sp³-hybridized carbons (Fsp3) is 0.150. The van der Waals surface area contributed by atoms with Gasteiger partial charge >= 0.3 is 0 Å². The smallest absolute Gasteiger partial charge is 0.272 e. The van der Waals surface area contributed by atoms with Gasteiger partial charge < -0.3 is 5.32 Å². The molecule has 142 valence electrons. The van der Waals surface area contributed by atoms with E-state index in [0.29, 0.717) is 20.8 Å². The summed E-state index contributed by atoms with van der Waals surface area (Å²) in [6, 6.07) is 16.3. The van der Waals surface area contributed by atoms with E-state index in [-0.39, 0.29) is 17.2 Å². The van der Waals surface area contributed by atoms with E-state index in [4.69, 9.17) is 11.6 Å². The number of hydrogen-bond donors (Lipinski definition) is 1. The maximum absolute atomic E-state index is 13.0. The molecule has 28 heavy (non-hydrogen) atoms. The number of nitrogens with one attached hydrogen (secondary N) is 1. The second-order valence-corrected chi connectivity index (χ2v) is 8.57. The minimum absolute atomic E-state index is 0.0701. The number of fused-ring (bicyclic) bond motifs is 1. The molecule has 2 heterocycles. The van der Waals surface area contributed by atoms with Crippen molar-refractivity contribution >= 4 is 46.7 Å². The third kappa shape index (κ3) is 4.11. The predicted octanol–water partition coefficient (Wildman–Crippen LogP) is 4.26. The van der Waals surface area contributed by atoms with Crippen molar-refractivity contribution in [3.8, 4) is 5.69 Å². The first-order valence-electron chi connectivity index (χ1n) is 8.64. The standard InChI is InChI=1S/C20H16ClN3O2S2/c21-13-6-8-14(9-7-13)22-17(25)12-28-20-23-16-10-11-27-18(16)19(26)24(20)15-4-2-1-3-5-15/h1-9H,10-12H2,(H,22,25). The Balaban J connectivity index is 1.59. The van der Waals surface area contributed by atoms with E-state index < -0.39 is 0 Å². The number of rotatable bonds is 5. The summed E-state index contributed by atoms with van der Waals surface area (Å²) in [5, 5.41) is 3.97. The Morgan fingerprint density at radius 3 is 2.68 bits per heavy atom. The van der Waals surface area contributed by atoms with Crippen molar-refractivity contribution in [1.82, 2.24) is 9.55 Å². The van der Waals surface area contributed by atoms with E-state index in [9.17, 15) is 9.59 Å². The summed E-state index contributed by atoms with van der Waals surface area (Å²) in [4.78, 5) is 30.8. The lowest BCUT2D eigenvalue weighted by molar-refractivity contribution is -0.113. The summed E-state index contributed by atoms with van der Waals surface area (Å²) in [5.41, 5.74) is 2.17. The Morgan fingerprint density at radius 1 is 1.18 bits per heavy atom. The molecular weight excluding hydrogens is 414 g/mol. The van der Waals surface area contributed by atoms with Crippen molar-refractivity contribution in [1.29, 1.82) is 0 Å². The average molecular weight is 430 g/mol. The van der Waals surface area contributed by atoms with Crippen LogP contribution in [0.3, 0.4) is 0 Å². The number of aryl methyl sites for hydroxylation is 1. The minimum Gasteiger partial charge on any atom is -0.325 e. The molecule has 0 bridgehead atoms. The van der Waals surface area contributed by atoms with Crippen LogP contribution in [0.2, 0.25) is 5.02 Å². The number of anilines is 1. The third-order valence-corrected chi connectivity index (χ3v) is 6.44. The van der Waals surface area contributed by atoms with Crippen LogP contribution in [-0.2, 0) is 11.2 Å². The van der Waals surface area contributed by atoms with Gasteiger partial charge in [-0.3, -0.25) is 14.2 Å². The molecule has 0 fully saturated rings. The van der Waals surface area contributed by atoms with Gasteiger partial charge in [-0.25, -0.2) is 4.98 Å². The van der Waals surface area contributed by atoms with Crippen molar-refractivity contribution in [3.05, 3.63) is 75.7 Å². The van der Waals surface area contributed by atoms with Crippen molar-refractivity contribution in [2.75, 3.05) is 16.8 Å². The third-order valence-electron chi connectivity index (χ3n) is 4.14. The summed E-state index contributed by atoms with van der Waals surface area (Å²) in [5.74, 6) is 0.835. The molecule has 8 heteroatoms. The molecule has 4 rings (SSSR count). The molecule has 0 saturated heterocycles. The Bertz CT molecular complexity index is 1070. The van der Waals surface area contributed by atoms with Crippen molar-refractivity contribution in [3.63, 3.8) is 0 Å². The quantitative estimate of drug-likeness (QED) is 0.484. The van der Waals surface area contributed by atoms with Gasteiger partial charge in [0.05, 0.1) is 22.0 Å². The number of carbonyl (C=O) groups is 1. The maximum atomic E-state index is 13.0. The monoisotopic (exact) mass is 429 g/mol. The Morgan fingerprint density at radius 2 is 1.93 bits per heavy atom. The van der Waals surface area contributed by atoms with Crippen molar-refractivity contribution < 1.29 is 4.79 Å². The lowest BCUT2D eigenvalue weighted by atomic mass is 10.3. The SMILES string of the molecule is O=C(CSc1nc2c(c(=O)n1-c1ccccc1)SCC2)Nc1ccc(Cl)cc1. The molecule has 1 aromatic heterocycles. The van der Waals surface area contributed by atoms with Crippen molar-refractivity contribution in [2.24, 2.45) is 0 Å². The molecule has 1 aliphatic heterocycles. The van der Waals surface area contributed by atoms with Crippen LogP contribution >= 0.6 is 35.1 Å². The lowest BCUT2D eigenvalue weighted by Crippen LogP contribution is -2.24. The van der Waals surface area contributed by atoms with Gasteiger partial charge in [0.15, 0.2) is 5.16 Å². The highest BCUT2D eigenvalue weighted by molar-refractivity contribution is 8.00. The molecule has 5 nitrogen and oxygen atoms in total. The highest BCUT2D eigenvalue weighted by atomic mass is 35.5. The van der Waals surface area contributed by atoms with Crippen LogP contribution in [0.25, 0.3) is 5.69 Å². The van der Waals surface area contributed by atoms with Crippen LogP contribution < -0.4 is 10.9 Å². The van der Waals surface area contributed by atoms with Gasteiger partial charge in [0.25, 0.3) is 5.56 Å². The highest BCUT2D eigenvalue weighted by Crippen LogP contribution is 2.30. The fourth-order valence-corrected chi connectivity index (χ4v) is 4.83. The highest BCUT2D eigenvalue weighted by Gasteiger charge is 2.22. The fourth-order valence-electron chi connectivity index (χ4n) is 2.85. The second-order valence-electron chi connectivity index (χ2n) is 6.09. The molecule has 0 unspecified atom stereocenters. The van der Waals surface area contributed by atoms with E-state index >= 15 is 0 Å². The molecule has 0 aliphatic carbocycles. The zero-order chi connectivity index (χ0) is 19.5. The summed E-state index contributed by atoms with van der Waals surface area (Å²) in [6.45, 7) is 0. The molecule has 3 aromatic rings. The van der Waals surface area contributed by atoms with Gasteiger partial charge in [-0.1, -0.05) is 41.6 Å². The van der Waals surface area contributed by atoms with Crippen LogP contribution in [0.1, 0.15) is 5.69 Å². The van der Waals surface area contributed by atoms with Crippen LogP contribution in [0, 0.1) is 0 Å². The van der Waals surface area contributed by atoms with Gasteiger partial charge in [-0.2, -0.15) is 0 Å². The molecule has 0 radical (unpaired) electrons. The number of amides is 1. The number of para-hydroxylation sites is 1. The second kappa shape index (κ2) is 8.43. The average Bonchev–Trinajstić information content (AvgIpc) is 3.18. The summed E-state index contributed by atoms with van der Waals surface area (Å²) < 4.78 is 1.59. The zero-order valence-electron chi connectivity index (χ0n) is 14.7. The first kappa shape index (κ1) is 19.1. The molecular formula is C20H16ClN3O2S2. The lowest BCUT2D eigenvalue weighted by Gasteiger charge is -2.13. The number of thioether (sulfide) groups is 2. The van der Waals surface area contributed by atoms with Gasteiger partial charge in [-0.15, -0.1) is 11.8 Å². The minimum atomic E-state index is -0.170. The van der Waals surface area contributed by atoms with Crippen LogP contribution in [0.4, 0.5) is 5.69 Å². The summed E-state index contributed by atoms with van der Waals surface area (Å²) in [6.07, 6.45) is 0.773. The Hall–Kier alpha value is -2.22. The number of halogens is 1. The largest absolute Gasteiger partial charge is 0.325 e. The molecule has 1 aliphatic rings. The molecule has 0 saturated carbocycles. The van der Waals surface area contributed by atoms with E-state index in [0.717, 1.165) is 23.6 Å². The van der Waals surface area contributed by atoms with Gasteiger partial charge in [0.2, 0.25) is 5.91 Å². The van der Waals surface area contributed by atoms with Gasteiger partial charge in [-0.05, 0) is 36.4 Å².